The Hall–Kier alpha value is -0.850. The van der Waals surface area contributed by atoms with E-state index in [1.165, 1.54) is 19.4 Å². The minimum absolute atomic E-state index is 0.341. The van der Waals surface area contributed by atoms with Crippen molar-refractivity contribution in [1.29, 1.82) is 0 Å². The molecule has 1 aliphatic carbocycles. The molecule has 1 saturated heterocycles. The van der Waals surface area contributed by atoms with Gasteiger partial charge >= 0.3 is 6.09 Å². The van der Waals surface area contributed by atoms with Crippen molar-refractivity contribution in [2.24, 2.45) is 11.7 Å². The van der Waals surface area contributed by atoms with Crippen molar-refractivity contribution >= 4 is 6.09 Å². The number of nitrogens with one attached hydrogen (secondary N) is 1. The number of piperazine rings is 1. The van der Waals surface area contributed by atoms with E-state index in [0.717, 1.165) is 38.5 Å². The molecular formula is C17H34N4O2. The lowest BCUT2D eigenvalue weighted by Crippen LogP contribution is -2.53. The van der Waals surface area contributed by atoms with Crippen LogP contribution in [-0.4, -0.2) is 73.3 Å². The van der Waals surface area contributed by atoms with E-state index in [4.69, 9.17) is 10.5 Å². The molecule has 134 valence electrons. The van der Waals surface area contributed by atoms with Gasteiger partial charge in [-0.05, 0) is 46.0 Å². The highest BCUT2D eigenvalue weighted by Crippen LogP contribution is 2.30. The first-order valence-electron chi connectivity index (χ1n) is 9.00. The van der Waals surface area contributed by atoms with Crippen molar-refractivity contribution in [3.05, 3.63) is 0 Å². The van der Waals surface area contributed by atoms with Crippen molar-refractivity contribution in [2.45, 2.75) is 51.7 Å². The summed E-state index contributed by atoms with van der Waals surface area (Å²) in [6.45, 7) is 12.6. The summed E-state index contributed by atoms with van der Waals surface area (Å²) in [5.41, 5.74) is 5.50. The molecule has 2 fully saturated rings. The van der Waals surface area contributed by atoms with Gasteiger partial charge in [-0.2, -0.15) is 0 Å². The lowest BCUT2D eigenvalue weighted by molar-refractivity contribution is 0.0515. The van der Waals surface area contributed by atoms with Gasteiger partial charge in [-0.1, -0.05) is 0 Å². The Labute approximate surface area is 140 Å². The maximum absolute atomic E-state index is 11.7. The summed E-state index contributed by atoms with van der Waals surface area (Å²) < 4.78 is 5.25. The molecule has 0 bridgehead atoms. The summed E-state index contributed by atoms with van der Waals surface area (Å²) in [6, 6.07) is 0.341. The van der Waals surface area contributed by atoms with Gasteiger partial charge in [0.2, 0.25) is 0 Å². The first-order chi connectivity index (χ1) is 10.9. The van der Waals surface area contributed by atoms with E-state index in [-0.39, 0.29) is 6.09 Å². The van der Waals surface area contributed by atoms with E-state index in [2.05, 4.69) is 15.1 Å². The van der Waals surface area contributed by atoms with Crippen LogP contribution < -0.4 is 11.1 Å². The van der Waals surface area contributed by atoms with Crippen LogP contribution in [0.1, 0.15) is 40.0 Å². The second-order valence-electron chi connectivity index (χ2n) is 7.89. The van der Waals surface area contributed by atoms with Crippen LogP contribution in [0.25, 0.3) is 0 Å². The highest BCUT2D eigenvalue weighted by molar-refractivity contribution is 5.67. The lowest BCUT2D eigenvalue weighted by Gasteiger charge is -2.39. The standard InChI is InChI=1S/C17H34N4O2/c1-17(2,3)23-16(22)19-7-6-15(12-18)21-10-8-20(9-11-21)13-14-4-5-14/h14-15H,4-13,18H2,1-3H3,(H,19,22). The third-order valence-electron chi connectivity index (χ3n) is 4.55. The molecule has 1 heterocycles. The molecule has 2 aliphatic rings. The van der Waals surface area contributed by atoms with E-state index in [1.807, 2.05) is 20.8 Å². The van der Waals surface area contributed by atoms with Crippen LogP contribution in [0.3, 0.4) is 0 Å². The van der Waals surface area contributed by atoms with Gasteiger partial charge in [0.05, 0.1) is 0 Å². The fraction of sp³-hybridized carbons (Fsp3) is 0.941. The molecule has 23 heavy (non-hydrogen) atoms. The second kappa shape index (κ2) is 8.31. The quantitative estimate of drug-likeness (QED) is 0.737. The highest BCUT2D eigenvalue weighted by atomic mass is 16.6. The van der Waals surface area contributed by atoms with Crippen LogP contribution >= 0.6 is 0 Å². The van der Waals surface area contributed by atoms with Gasteiger partial charge in [-0.15, -0.1) is 0 Å². The summed E-state index contributed by atoms with van der Waals surface area (Å²) in [4.78, 5) is 16.7. The fourth-order valence-electron chi connectivity index (χ4n) is 3.08. The number of hydrogen-bond acceptors (Lipinski definition) is 5. The molecule has 1 amide bonds. The van der Waals surface area contributed by atoms with Crippen LogP contribution in [-0.2, 0) is 4.74 Å². The predicted molar refractivity (Wildman–Crippen MR) is 92.4 cm³/mol. The molecule has 6 nitrogen and oxygen atoms in total. The van der Waals surface area contributed by atoms with E-state index < -0.39 is 5.60 Å². The van der Waals surface area contributed by atoms with E-state index in [0.29, 0.717) is 19.1 Å². The topological polar surface area (TPSA) is 70.8 Å². The molecule has 3 N–H and O–H groups in total. The number of rotatable bonds is 7. The Kier molecular flexibility index (Phi) is 6.68. The molecule has 0 spiro atoms. The average Bonchev–Trinajstić information content (AvgIpc) is 3.27. The number of amides is 1. The summed E-state index contributed by atoms with van der Waals surface area (Å²) in [6.07, 6.45) is 3.37. The minimum atomic E-state index is -0.449. The summed E-state index contributed by atoms with van der Waals surface area (Å²) in [5.74, 6) is 0.963. The van der Waals surface area contributed by atoms with Crippen LogP contribution in [0.2, 0.25) is 0 Å². The molecule has 6 heteroatoms. The number of carbonyl (C=O) groups is 1. The molecule has 0 aromatic carbocycles. The third-order valence-corrected chi connectivity index (χ3v) is 4.55. The zero-order valence-corrected chi connectivity index (χ0v) is 15.0. The maximum Gasteiger partial charge on any atom is 0.407 e. The van der Waals surface area contributed by atoms with Gasteiger partial charge in [-0.25, -0.2) is 4.79 Å². The Bertz CT molecular complexity index is 371. The number of nitrogens with zero attached hydrogens (tertiary/aromatic N) is 2. The lowest BCUT2D eigenvalue weighted by atomic mass is 10.1. The Balaban J connectivity index is 1.63. The van der Waals surface area contributed by atoms with Gasteiger partial charge in [0.1, 0.15) is 5.60 Å². The van der Waals surface area contributed by atoms with Crippen LogP contribution in [0.15, 0.2) is 0 Å². The van der Waals surface area contributed by atoms with E-state index in [1.54, 1.807) is 0 Å². The van der Waals surface area contributed by atoms with Gasteiger partial charge in [-0.3, -0.25) is 4.90 Å². The maximum atomic E-state index is 11.7. The number of ether oxygens (including phenoxy) is 1. The SMILES string of the molecule is CC(C)(C)OC(=O)NCCC(CN)N1CCN(CC2CC2)CC1. The largest absolute Gasteiger partial charge is 0.444 e. The van der Waals surface area contributed by atoms with Crippen molar-refractivity contribution < 1.29 is 9.53 Å². The molecule has 0 aromatic heterocycles. The highest BCUT2D eigenvalue weighted by Gasteiger charge is 2.28. The fourth-order valence-corrected chi connectivity index (χ4v) is 3.08. The molecule has 1 atom stereocenters. The normalized spacial score (nSPS) is 21.9. The molecule has 0 aromatic rings. The molecule has 1 aliphatic heterocycles. The van der Waals surface area contributed by atoms with Gasteiger partial charge in [0.25, 0.3) is 0 Å². The monoisotopic (exact) mass is 326 g/mol. The zero-order valence-electron chi connectivity index (χ0n) is 15.0. The predicted octanol–water partition coefficient (Wildman–Crippen LogP) is 1.26. The van der Waals surface area contributed by atoms with Gasteiger partial charge < -0.3 is 20.7 Å². The smallest absolute Gasteiger partial charge is 0.407 e. The Morgan fingerprint density at radius 2 is 1.91 bits per heavy atom. The van der Waals surface area contributed by atoms with E-state index >= 15 is 0 Å². The minimum Gasteiger partial charge on any atom is -0.444 e. The molecular weight excluding hydrogens is 292 g/mol. The van der Waals surface area contributed by atoms with Crippen molar-refractivity contribution in [3.8, 4) is 0 Å². The van der Waals surface area contributed by atoms with Crippen molar-refractivity contribution in [3.63, 3.8) is 0 Å². The second-order valence-corrected chi connectivity index (χ2v) is 7.89. The molecule has 0 radical (unpaired) electrons. The Morgan fingerprint density at radius 1 is 1.26 bits per heavy atom. The molecule has 2 rings (SSSR count). The summed E-state index contributed by atoms with van der Waals surface area (Å²) in [5, 5.41) is 2.83. The average molecular weight is 326 g/mol. The van der Waals surface area contributed by atoms with Gasteiger partial charge in [0, 0.05) is 51.9 Å². The molecule has 1 saturated carbocycles. The summed E-state index contributed by atoms with van der Waals surface area (Å²) in [7, 11) is 0. The number of carbonyl (C=O) groups excluding carboxylic acids is 1. The zero-order chi connectivity index (χ0) is 16.9. The number of alkyl carbamates (subject to hydrolysis) is 1. The number of nitrogens with two attached hydrogens (primary N) is 1. The first kappa shape index (κ1) is 18.5. The third kappa shape index (κ3) is 7.06. The number of hydrogen-bond donors (Lipinski definition) is 2. The molecule has 1 unspecified atom stereocenters. The van der Waals surface area contributed by atoms with Crippen LogP contribution in [0.5, 0.6) is 0 Å². The van der Waals surface area contributed by atoms with E-state index in [9.17, 15) is 4.79 Å². The first-order valence-corrected chi connectivity index (χ1v) is 9.00. The van der Waals surface area contributed by atoms with Gasteiger partial charge in [0.15, 0.2) is 0 Å². The van der Waals surface area contributed by atoms with Crippen molar-refractivity contribution in [2.75, 3.05) is 45.8 Å². The van der Waals surface area contributed by atoms with Crippen molar-refractivity contribution in [1.82, 2.24) is 15.1 Å². The van der Waals surface area contributed by atoms with Crippen LogP contribution in [0.4, 0.5) is 4.79 Å². The van der Waals surface area contributed by atoms with Crippen LogP contribution in [0, 0.1) is 5.92 Å². The summed E-state index contributed by atoms with van der Waals surface area (Å²) >= 11 is 0. The Morgan fingerprint density at radius 3 is 2.43 bits per heavy atom.